The summed E-state index contributed by atoms with van der Waals surface area (Å²) < 4.78 is 30.2. The molecule has 0 radical (unpaired) electrons. The number of sulfone groups is 1. The van der Waals surface area contributed by atoms with E-state index in [0.29, 0.717) is 6.61 Å². The third-order valence-electron chi connectivity index (χ3n) is 4.67. The lowest BCUT2D eigenvalue weighted by Crippen LogP contribution is -2.28. The Morgan fingerprint density at radius 1 is 1.07 bits per heavy atom. The molecule has 0 saturated carbocycles. The van der Waals surface area contributed by atoms with Crippen LogP contribution in [-0.2, 0) is 20.4 Å². The molecule has 1 atom stereocenters. The van der Waals surface area contributed by atoms with E-state index in [9.17, 15) is 13.2 Å². The molecular formula is C23H31NO4S. The van der Waals surface area contributed by atoms with Gasteiger partial charge in [0.15, 0.2) is 9.84 Å². The fourth-order valence-electron chi connectivity index (χ4n) is 2.84. The molecule has 29 heavy (non-hydrogen) atoms. The molecule has 0 saturated heterocycles. The predicted octanol–water partition coefficient (Wildman–Crippen LogP) is 4.36. The lowest BCUT2D eigenvalue weighted by atomic mass is 10.1. The number of amides is 1. The molecule has 2 aromatic carbocycles. The maximum absolute atomic E-state index is 12.3. The van der Waals surface area contributed by atoms with Gasteiger partial charge in [0, 0.05) is 6.42 Å². The quantitative estimate of drug-likeness (QED) is 0.552. The van der Waals surface area contributed by atoms with Crippen LogP contribution < -0.4 is 10.1 Å². The van der Waals surface area contributed by atoms with Crippen molar-refractivity contribution in [3.8, 4) is 5.75 Å². The van der Waals surface area contributed by atoms with Crippen molar-refractivity contribution in [3.63, 3.8) is 0 Å². The predicted molar refractivity (Wildman–Crippen MR) is 117 cm³/mol. The Morgan fingerprint density at radius 3 is 2.34 bits per heavy atom. The number of ether oxygens (including phenoxy) is 1. The van der Waals surface area contributed by atoms with Crippen molar-refractivity contribution in [2.75, 3.05) is 12.4 Å². The first-order valence-corrected chi connectivity index (χ1v) is 11.9. The number of nitrogens with one attached hydrogen (secondary N) is 1. The van der Waals surface area contributed by atoms with Crippen LogP contribution in [-0.4, -0.2) is 26.7 Å². The molecule has 0 spiro atoms. The fraction of sp³-hybridized carbons (Fsp3) is 0.435. The smallest absolute Gasteiger partial charge is 0.221 e. The minimum Gasteiger partial charge on any atom is -0.494 e. The maximum atomic E-state index is 12.3. The van der Waals surface area contributed by atoms with Crippen molar-refractivity contribution in [3.05, 3.63) is 65.2 Å². The van der Waals surface area contributed by atoms with Crippen LogP contribution >= 0.6 is 0 Å². The second kappa shape index (κ2) is 11.0. The van der Waals surface area contributed by atoms with Crippen LogP contribution in [0.25, 0.3) is 0 Å². The number of hydrogen-bond acceptors (Lipinski definition) is 4. The van der Waals surface area contributed by atoms with Gasteiger partial charge in [-0.25, -0.2) is 8.42 Å². The minimum absolute atomic E-state index is 0.0449. The molecule has 0 aliphatic heterocycles. The van der Waals surface area contributed by atoms with Gasteiger partial charge in [0.1, 0.15) is 5.75 Å². The molecule has 0 aromatic heterocycles. The minimum atomic E-state index is -3.34. The van der Waals surface area contributed by atoms with Gasteiger partial charge in [-0.2, -0.15) is 0 Å². The van der Waals surface area contributed by atoms with E-state index in [1.54, 1.807) is 0 Å². The van der Waals surface area contributed by atoms with Crippen LogP contribution in [0.4, 0.5) is 0 Å². The third-order valence-corrected chi connectivity index (χ3v) is 6.27. The number of rotatable bonds is 11. The van der Waals surface area contributed by atoms with Crippen LogP contribution in [0.3, 0.4) is 0 Å². The van der Waals surface area contributed by atoms with Crippen molar-refractivity contribution >= 4 is 15.7 Å². The van der Waals surface area contributed by atoms with Crippen molar-refractivity contribution < 1.29 is 17.9 Å². The summed E-state index contributed by atoms with van der Waals surface area (Å²) in [5.74, 6) is 0.329. The summed E-state index contributed by atoms with van der Waals surface area (Å²) in [7, 11) is -3.34. The van der Waals surface area contributed by atoms with Crippen molar-refractivity contribution in [1.29, 1.82) is 0 Å². The molecule has 0 unspecified atom stereocenters. The summed E-state index contributed by atoms with van der Waals surface area (Å²) in [5, 5.41) is 2.87. The van der Waals surface area contributed by atoms with Gasteiger partial charge in [0.25, 0.3) is 0 Å². The zero-order valence-electron chi connectivity index (χ0n) is 17.5. The van der Waals surface area contributed by atoms with Crippen LogP contribution in [0.15, 0.2) is 48.5 Å². The Bertz CT molecular complexity index is 874. The van der Waals surface area contributed by atoms with Crippen molar-refractivity contribution in [1.82, 2.24) is 5.32 Å². The van der Waals surface area contributed by atoms with Crippen molar-refractivity contribution in [2.45, 2.75) is 51.8 Å². The van der Waals surface area contributed by atoms with E-state index in [4.69, 9.17) is 4.74 Å². The van der Waals surface area contributed by atoms with Gasteiger partial charge < -0.3 is 10.1 Å². The lowest BCUT2D eigenvalue weighted by Gasteiger charge is -2.15. The van der Waals surface area contributed by atoms with E-state index in [-0.39, 0.29) is 29.9 Å². The van der Waals surface area contributed by atoms with Crippen molar-refractivity contribution in [2.24, 2.45) is 0 Å². The van der Waals surface area contributed by atoms with Gasteiger partial charge in [-0.1, -0.05) is 55.3 Å². The number of hydrogen-bond donors (Lipinski definition) is 1. The van der Waals surface area contributed by atoms with Gasteiger partial charge >= 0.3 is 0 Å². The van der Waals surface area contributed by atoms with Gasteiger partial charge in [-0.15, -0.1) is 0 Å². The Hall–Kier alpha value is -2.34. The highest BCUT2D eigenvalue weighted by Crippen LogP contribution is 2.18. The summed E-state index contributed by atoms with van der Waals surface area (Å²) in [6.07, 6.45) is 2.06. The topological polar surface area (TPSA) is 72.5 Å². The molecule has 0 aliphatic carbocycles. The Labute approximate surface area is 174 Å². The fourth-order valence-corrected chi connectivity index (χ4v) is 4.18. The summed E-state index contributed by atoms with van der Waals surface area (Å²) in [5.41, 5.74) is 2.77. The normalized spacial score (nSPS) is 12.4. The molecule has 6 heteroatoms. The molecule has 1 amide bonds. The standard InChI is InChI=1S/C23H31NO4S/c1-4-5-15-28-22-12-10-21(11-13-22)19(3)24-23(25)14-16-29(26,27)17-20-8-6-18(2)7-9-20/h6-13,19H,4-5,14-17H2,1-3H3,(H,24,25)/t19-/m0/s1. The highest BCUT2D eigenvalue weighted by molar-refractivity contribution is 7.90. The Balaban J connectivity index is 1.81. The summed E-state index contributed by atoms with van der Waals surface area (Å²) in [4.78, 5) is 12.2. The van der Waals surface area contributed by atoms with Gasteiger partial charge in [-0.3, -0.25) is 4.79 Å². The number of aryl methyl sites for hydroxylation is 1. The van der Waals surface area contributed by atoms with E-state index >= 15 is 0 Å². The number of carbonyl (C=O) groups is 1. The second-order valence-electron chi connectivity index (χ2n) is 7.39. The average Bonchev–Trinajstić information content (AvgIpc) is 2.69. The Kier molecular flexibility index (Phi) is 8.70. The number of carbonyl (C=O) groups excluding carboxylic acids is 1. The zero-order valence-corrected chi connectivity index (χ0v) is 18.3. The monoisotopic (exact) mass is 417 g/mol. The number of unbranched alkanes of at least 4 members (excludes halogenated alkanes) is 1. The van der Waals surface area contributed by atoms with Crippen LogP contribution in [0, 0.1) is 6.92 Å². The van der Waals surface area contributed by atoms with E-state index < -0.39 is 9.84 Å². The van der Waals surface area contributed by atoms with Gasteiger partial charge in [0.05, 0.1) is 24.2 Å². The summed E-state index contributed by atoms with van der Waals surface area (Å²) >= 11 is 0. The molecule has 2 rings (SSSR count). The summed E-state index contributed by atoms with van der Waals surface area (Å²) in [6.45, 7) is 6.65. The molecule has 158 valence electrons. The zero-order chi connectivity index (χ0) is 21.3. The molecular weight excluding hydrogens is 386 g/mol. The molecule has 0 heterocycles. The van der Waals surface area contributed by atoms with E-state index in [1.807, 2.05) is 62.4 Å². The molecule has 1 N–H and O–H groups in total. The van der Waals surface area contributed by atoms with E-state index in [2.05, 4.69) is 12.2 Å². The SMILES string of the molecule is CCCCOc1ccc([C@H](C)NC(=O)CCS(=O)(=O)Cc2ccc(C)cc2)cc1. The molecule has 5 nitrogen and oxygen atoms in total. The first-order valence-electron chi connectivity index (χ1n) is 10.1. The number of benzene rings is 2. The average molecular weight is 418 g/mol. The van der Waals surface area contributed by atoms with Crippen LogP contribution in [0.1, 0.15) is 55.8 Å². The van der Waals surface area contributed by atoms with Gasteiger partial charge in [0.2, 0.25) is 5.91 Å². The largest absolute Gasteiger partial charge is 0.494 e. The molecule has 0 aliphatic rings. The lowest BCUT2D eigenvalue weighted by molar-refractivity contribution is -0.121. The highest BCUT2D eigenvalue weighted by Gasteiger charge is 2.16. The second-order valence-corrected chi connectivity index (χ2v) is 9.57. The third kappa shape index (κ3) is 8.28. The summed E-state index contributed by atoms with van der Waals surface area (Å²) in [6, 6.07) is 14.8. The first-order chi connectivity index (χ1) is 13.8. The highest BCUT2D eigenvalue weighted by atomic mass is 32.2. The van der Waals surface area contributed by atoms with Gasteiger partial charge in [-0.05, 0) is 43.5 Å². The van der Waals surface area contributed by atoms with Crippen LogP contribution in [0.2, 0.25) is 0 Å². The van der Waals surface area contributed by atoms with E-state index in [0.717, 1.165) is 35.3 Å². The first kappa shape index (κ1) is 22.9. The van der Waals surface area contributed by atoms with E-state index in [1.165, 1.54) is 0 Å². The molecule has 0 fully saturated rings. The molecule has 0 bridgehead atoms. The van der Waals surface area contributed by atoms with Crippen LogP contribution in [0.5, 0.6) is 5.75 Å². The molecule has 2 aromatic rings. The maximum Gasteiger partial charge on any atom is 0.221 e. The Morgan fingerprint density at radius 2 is 1.72 bits per heavy atom.